The van der Waals surface area contributed by atoms with Gasteiger partial charge < -0.3 is 14.6 Å². The van der Waals surface area contributed by atoms with E-state index in [2.05, 4.69) is 9.97 Å². The van der Waals surface area contributed by atoms with Crippen LogP contribution in [0.4, 0.5) is 0 Å². The average molecular weight is 337 g/mol. The predicted molar refractivity (Wildman–Crippen MR) is 95.8 cm³/mol. The van der Waals surface area contributed by atoms with Crippen molar-refractivity contribution in [2.75, 3.05) is 13.7 Å². The van der Waals surface area contributed by atoms with Crippen LogP contribution in [0.25, 0.3) is 10.9 Å². The first-order valence-corrected chi connectivity index (χ1v) is 8.03. The molecule has 0 aliphatic carbocycles. The lowest BCUT2D eigenvalue weighted by Gasteiger charge is -2.16. The van der Waals surface area contributed by atoms with Gasteiger partial charge in [0.05, 0.1) is 13.2 Å². The van der Waals surface area contributed by atoms with Crippen molar-refractivity contribution in [3.05, 3.63) is 70.3 Å². The van der Waals surface area contributed by atoms with Crippen LogP contribution in [-0.2, 0) is 6.54 Å². The maximum Gasteiger partial charge on any atom is 0.272 e. The van der Waals surface area contributed by atoms with Crippen LogP contribution in [0.1, 0.15) is 23.0 Å². The van der Waals surface area contributed by atoms with Crippen molar-refractivity contribution in [1.82, 2.24) is 14.9 Å². The second kappa shape index (κ2) is 7.17. The highest BCUT2D eigenvalue weighted by Gasteiger charge is 2.15. The second-order valence-corrected chi connectivity index (χ2v) is 5.68. The molecule has 0 saturated heterocycles. The van der Waals surface area contributed by atoms with E-state index in [4.69, 9.17) is 4.74 Å². The number of carbonyl (C=O) groups is 1. The summed E-state index contributed by atoms with van der Waals surface area (Å²) in [6.07, 6.45) is 1.57. The Hall–Kier alpha value is -3.15. The van der Waals surface area contributed by atoms with Crippen molar-refractivity contribution in [2.24, 2.45) is 0 Å². The molecule has 2 aromatic heterocycles. The first kappa shape index (κ1) is 16.7. The Morgan fingerprint density at radius 3 is 2.80 bits per heavy atom. The van der Waals surface area contributed by atoms with Crippen LogP contribution in [0.5, 0.6) is 5.75 Å². The fourth-order valence-corrected chi connectivity index (χ4v) is 2.62. The molecule has 0 aliphatic rings. The van der Waals surface area contributed by atoms with Gasteiger partial charge in [-0.05, 0) is 43.3 Å². The Morgan fingerprint density at radius 1 is 1.24 bits per heavy atom. The minimum absolute atomic E-state index is 0.194. The van der Waals surface area contributed by atoms with Gasteiger partial charge in [-0.1, -0.05) is 6.07 Å². The molecule has 1 aromatic carbocycles. The summed E-state index contributed by atoms with van der Waals surface area (Å²) in [6, 6.07) is 12.5. The molecule has 0 radical (unpaired) electrons. The normalized spacial score (nSPS) is 10.6. The van der Waals surface area contributed by atoms with Gasteiger partial charge >= 0.3 is 0 Å². The SMILES string of the molecule is CCOc1ccc2[nH]c(=O)c(CN(C)C(=O)c3ccccn3)cc2c1. The van der Waals surface area contributed by atoms with Crippen LogP contribution in [-0.4, -0.2) is 34.4 Å². The highest BCUT2D eigenvalue weighted by atomic mass is 16.5. The van der Waals surface area contributed by atoms with Crippen LogP contribution in [0.15, 0.2) is 53.5 Å². The van der Waals surface area contributed by atoms with Gasteiger partial charge in [0.2, 0.25) is 0 Å². The molecule has 0 bridgehead atoms. The van der Waals surface area contributed by atoms with Gasteiger partial charge in [-0.3, -0.25) is 14.6 Å². The number of nitrogens with one attached hydrogen (secondary N) is 1. The molecular weight excluding hydrogens is 318 g/mol. The first-order chi connectivity index (χ1) is 12.1. The number of ether oxygens (including phenoxy) is 1. The smallest absolute Gasteiger partial charge is 0.272 e. The zero-order chi connectivity index (χ0) is 17.8. The standard InChI is InChI=1S/C19H19N3O3/c1-3-25-15-7-8-16-13(11-15)10-14(18(23)21-16)12-22(2)19(24)17-6-4-5-9-20-17/h4-11H,3,12H2,1-2H3,(H,21,23). The van der Waals surface area contributed by atoms with Gasteiger partial charge in [-0.2, -0.15) is 0 Å². The van der Waals surface area contributed by atoms with E-state index in [-0.39, 0.29) is 18.0 Å². The highest BCUT2D eigenvalue weighted by molar-refractivity contribution is 5.92. The molecule has 1 amide bonds. The van der Waals surface area contributed by atoms with E-state index in [0.717, 1.165) is 16.7 Å². The number of rotatable bonds is 5. The monoisotopic (exact) mass is 337 g/mol. The quantitative estimate of drug-likeness (QED) is 0.776. The van der Waals surface area contributed by atoms with Crippen molar-refractivity contribution < 1.29 is 9.53 Å². The Kier molecular flexibility index (Phi) is 4.79. The topological polar surface area (TPSA) is 75.3 Å². The number of amides is 1. The molecule has 0 atom stereocenters. The third-order valence-corrected chi connectivity index (χ3v) is 3.84. The van der Waals surface area contributed by atoms with Gasteiger partial charge in [0.1, 0.15) is 11.4 Å². The van der Waals surface area contributed by atoms with Crippen molar-refractivity contribution >= 4 is 16.8 Å². The molecule has 1 N–H and O–H groups in total. The Balaban J connectivity index is 1.88. The van der Waals surface area contributed by atoms with E-state index in [1.165, 1.54) is 4.90 Å². The van der Waals surface area contributed by atoms with Gasteiger partial charge in [-0.25, -0.2) is 0 Å². The Labute approximate surface area is 145 Å². The maximum absolute atomic E-state index is 12.4. The first-order valence-electron chi connectivity index (χ1n) is 8.03. The van der Waals surface area contributed by atoms with Crippen LogP contribution in [0.2, 0.25) is 0 Å². The number of carbonyl (C=O) groups excluding carboxylic acids is 1. The summed E-state index contributed by atoms with van der Waals surface area (Å²) in [6.45, 7) is 2.68. The van der Waals surface area contributed by atoms with Crippen LogP contribution in [0, 0.1) is 0 Å². The van der Waals surface area contributed by atoms with Crippen LogP contribution in [0.3, 0.4) is 0 Å². The lowest BCUT2D eigenvalue weighted by molar-refractivity contribution is 0.0779. The fraction of sp³-hybridized carbons (Fsp3) is 0.211. The zero-order valence-electron chi connectivity index (χ0n) is 14.2. The number of hydrogen-bond donors (Lipinski definition) is 1. The maximum atomic E-state index is 12.4. The zero-order valence-corrected chi connectivity index (χ0v) is 14.2. The van der Waals surface area contributed by atoms with Gasteiger partial charge in [-0.15, -0.1) is 0 Å². The summed E-state index contributed by atoms with van der Waals surface area (Å²) in [5.41, 5.74) is 1.38. The second-order valence-electron chi connectivity index (χ2n) is 5.68. The number of aromatic nitrogens is 2. The summed E-state index contributed by atoms with van der Waals surface area (Å²) in [5.74, 6) is 0.508. The number of benzene rings is 1. The molecule has 0 saturated carbocycles. The number of aromatic amines is 1. The lowest BCUT2D eigenvalue weighted by atomic mass is 10.1. The Bertz CT molecular complexity index is 951. The van der Waals surface area contributed by atoms with E-state index >= 15 is 0 Å². The minimum atomic E-state index is -0.233. The average Bonchev–Trinajstić information content (AvgIpc) is 2.63. The number of fused-ring (bicyclic) bond motifs is 1. The summed E-state index contributed by atoms with van der Waals surface area (Å²) in [4.78, 5) is 33.1. The van der Waals surface area contributed by atoms with E-state index in [1.54, 1.807) is 37.5 Å². The predicted octanol–water partition coefficient (Wildman–Crippen LogP) is 2.59. The molecule has 3 aromatic rings. The van der Waals surface area contributed by atoms with Crippen LogP contribution >= 0.6 is 0 Å². The highest BCUT2D eigenvalue weighted by Crippen LogP contribution is 2.19. The van der Waals surface area contributed by atoms with Crippen LogP contribution < -0.4 is 10.3 Å². The molecule has 6 heteroatoms. The van der Waals surface area contributed by atoms with Crippen molar-refractivity contribution in [1.29, 1.82) is 0 Å². The molecule has 0 unspecified atom stereocenters. The Morgan fingerprint density at radius 2 is 2.08 bits per heavy atom. The largest absolute Gasteiger partial charge is 0.494 e. The molecule has 2 heterocycles. The van der Waals surface area contributed by atoms with Gasteiger partial charge in [0, 0.05) is 29.7 Å². The van der Waals surface area contributed by atoms with E-state index in [9.17, 15) is 9.59 Å². The fourth-order valence-electron chi connectivity index (χ4n) is 2.62. The van der Waals surface area contributed by atoms with E-state index in [1.807, 2.05) is 25.1 Å². The summed E-state index contributed by atoms with van der Waals surface area (Å²) in [5, 5.41) is 0.860. The molecule has 0 fully saturated rings. The molecule has 0 spiro atoms. The van der Waals surface area contributed by atoms with E-state index in [0.29, 0.717) is 17.9 Å². The summed E-state index contributed by atoms with van der Waals surface area (Å²) >= 11 is 0. The van der Waals surface area contributed by atoms with Crippen molar-refractivity contribution in [3.8, 4) is 5.75 Å². The molecule has 3 rings (SSSR count). The number of nitrogens with zero attached hydrogens (tertiary/aromatic N) is 2. The molecule has 0 aliphatic heterocycles. The molecule has 6 nitrogen and oxygen atoms in total. The molecule has 128 valence electrons. The number of hydrogen-bond acceptors (Lipinski definition) is 4. The third-order valence-electron chi connectivity index (χ3n) is 3.84. The third kappa shape index (κ3) is 3.68. The molecule has 25 heavy (non-hydrogen) atoms. The lowest BCUT2D eigenvalue weighted by Crippen LogP contribution is -2.29. The summed E-state index contributed by atoms with van der Waals surface area (Å²) in [7, 11) is 1.65. The minimum Gasteiger partial charge on any atom is -0.494 e. The summed E-state index contributed by atoms with van der Waals surface area (Å²) < 4.78 is 5.50. The van der Waals surface area contributed by atoms with Crippen molar-refractivity contribution in [3.63, 3.8) is 0 Å². The molecular formula is C19H19N3O3. The van der Waals surface area contributed by atoms with E-state index < -0.39 is 0 Å². The number of H-pyrrole nitrogens is 1. The van der Waals surface area contributed by atoms with Crippen molar-refractivity contribution in [2.45, 2.75) is 13.5 Å². The van der Waals surface area contributed by atoms with Gasteiger partial charge in [0.15, 0.2) is 0 Å². The number of pyridine rings is 2. The van der Waals surface area contributed by atoms with Gasteiger partial charge in [0.25, 0.3) is 11.5 Å².